The molecule has 2 rings (SSSR count). The Morgan fingerprint density at radius 2 is 2.42 bits per heavy atom. The van der Waals surface area contributed by atoms with E-state index in [1.165, 1.54) is 24.2 Å². The maximum atomic E-state index is 12.3. The number of nitrogens with two attached hydrogens (primary N) is 1. The molecular weight excluding hydrogens is 256 g/mol. The molecule has 1 aromatic rings. The fourth-order valence-corrected chi connectivity index (χ4v) is 3.32. The van der Waals surface area contributed by atoms with Gasteiger partial charge in [-0.1, -0.05) is 25.2 Å². The Labute approximate surface area is 118 Å². The molecule has 2 N–H and O–H groups in total. The van der Waals surface area contributed by atoms with Crippen LogP contribution >= 0.6 is 11.3 Å². The van der Waals surface area contributed by atoms with Crippen LogP contribution in [0.4, 0.5) is 0 Å². The summed E-state index contributed by atoms with van der Waals surface area (Å²) in [6.07, 6.45) is 3.57. The van der Waals surface area contributed by atoms with E-state index in [0.29, 0.717) is 12.5 Å². The van der Waals surface area contributed by atoms with Crippen molar-refractivity contribution in [2.75, 3.05) is 19.6 Å². The van der Waals surface area contributed by atoms with E-state index < -0.39 is 0 Å². The number of hydrogen-bond donors (Lipinski definition) is 1. The van der Waals surface area contributed by atoms with Gasteiger partial charge in [-0.2, -0.15) is 0 Å². The molecule has 102 valence electrons. The zero-order valence-electron chi connectivity index (χ0n) is 11.3. The molecule has 1 amide bonds. The monoisotopic (exact) mass is 276 g/mol. The van der Waals surface area contributed by atoms with Gasteiger partial charge in [0.1, 0.15) is 0 Å². The van der Waals surface area contributed by atoms with Crippen molar-refractivity contribution in [3.8, 4) is 11.8 Å². The number of carbonyl (C=O) groups is 1. The molecule has 0 aromatic carbocycles. The van der Waals surface area contributed by atoms with Crippen LogP contribution in [0.15, 0.2) is 12.1 Å². The van der Waals surface area contributed by atoms with Crippen molar-refractivity contribution < 1.29 is 4.79 Å². The van der Waals surface area contributed by atoms with Gasteiger partial charge in [-0.25, -0.2) is 0 Å². The molecule has 2 heterocycles. The summed E-state index contributed by atoms with van der Waals surface area (Å²) in [4.78, 5) is 16.0. The molecule has 19 heavy (non-hydrogen) atoms. The summed E-state index contributed by atoms with van der Waals surface area (Å²) < 4.78 is 0. The molecule has 1 atom stereocenters. The number of amides is 1. The highest BCUT2D eigenvalue weighted by molar-refractivity contribution is 7.14. The van der Waals surface area contributed by atoms with Crippen molar-refractivity contribution in [1.82, 2.24) is 4.90 Å². The molecule has 0 radical (unpaired) electrons. The lowest BCUT2D eigenvalue weighted by Crippen LogP contribution is -2.27. The second-order valence-corrected chi connectivity index (χ2v) is 5.95. The van der Waals surface area contributed by atoms with Crippen LogP contribution in [0.3, 0.4) is 0 Å². The Kier molecular flexibility index (Phi) is 5.00. The number of carbonyl (C=O) groups excluding carboxylic acids is 1. The average Bonchev–Trinajstić information content (AvgIpc) is 3.05. The molecule has 1 aliphatic heterocycles. The molecule has 0 saturated carbocycles. The van der Waals surface area contributed by atoms with Gasteiger partial charge < -0.3 is 10.6 Å². The Balaban J connectivity index is 1.98. The first-order chi connectivity index (χ1) is 9.24. The number of thiophene rings is 1. The van der Waals surface area contributed by atoms with Gasteiger partial charge in [-0.15, -0.1) is 11.3 Å². The third-order valence-electron chi connectivity index (χ3n) is 3.40. The minimum Gasteiger partial charge on any atom is -0.338 e. The van der Waals surface area contributed by atoms with Gasteiger partial charge in [-0.3, -0.25) is 4.79 Å². The Bertz CT molecular complexity index is 498. The third-order valence-corrected chi connectivity index (χ3v) is 4.39. The summed E-state index contributed by atoms with van der Waals surface area (Å²) >= 11 is 1.46. The van der Waals surface area contributed by atoms with Crippen molar-refractivity contribution >= 4 is 17.2 Å². The standard InChI is InChI=1S/C15H20N2OS/c1-2-4-12-8-10-17(11-12)15(18)14-7-6-13(19-14)5-3-9-16/h6-7,12H,2,4,8-11,16H2,1H3. The summed E-state index contributed by atoms with van der Waals surface area (Å²) in [5.41, 5.74) is 5.34. The second kappa shape index (κ2) is 6.74. The first-order valence-electron chi connectivity index (χ1n) is 6.82. The van der Waals surface area contributed by atoms with Gasteiger partial charge in [0.25, 0.3) is 5.91 Å². The van der Waals surface area contributed by atoms with E-state index in [0.717, 1.165) is 29.3 Å². The molecule has 0 spiro atoms. The maximum Gasteiger partial charge on any atom is 0.263 e. The van der Waals surface area contributed by atoms with E-state index in [1.807, 2.05) is 17.0 Å². The van der Waals surface area contributed by atoms with Gasteiger partial charge in [0.05, 0.1) is 16.3 Å². The normalized spacial score (nSPS) is 18.2. The summed E-state index contributed by atoms with van der Waals surface area (Å²) in [6.45, 7) is 4.36. The second-order valence-electron chi connectivity index (χ2n) is 4.86. The van der Waals surface area contributed by atoms with Crippen molar-refractivity contribution in [2.45, 2.75) is 26.2 Å². The Morgan fingerprint density at radius 3 is 3.16 bits per heavy atom. The number of likely N-dealkylation sites (tertiary alicyclic amines) is 1. The largest absolute Gasteiger partial charge is 0.338 e. The van der Waals surface area contributed by atoms with Crippen LogP contribution in [0.2, 0.25) is 0 Å². The number of nitrogens with zero attached hydrogens (tertiary/aromatic N) is 1. The van der Waals surface area contributed by atoms with Crippen LogP contribution in [0, 0.1) is 17.8 Å². The van der Waals surface area contributed by atoms with Crippen LogP contribution in [-0.4, -0.2) is 30.4 Å². The molecule has 0 aliphatic carbocycles. The quantitative estimate of drug-likeness (QED) is 0.861. The van der Waals surface area contributed by atoms with E-state index in [2.05, 4.69) is 18.8 Å². The lowest BCUT2D eigenvalue weighted by Gasteiger charge is -2.15. The SMILES string of the molecule is CCCC1CCN(C(=O)c2ccc(C#CCN)s2)C1. The molecule has 3 nitrogen and oxygen atoms in total. The molecule has 1 unspecified atom stereocenters. The zero-order valence-corrected chi connectivity index (χ0v) is 12.1. The molecule has 1 saturated heterocycles. The minimum atomic E-state index is 0.157. The van der Waals surface area contributed by atoms with Crippen molar-refractivity contribution in [1.29, 1.82) is 0 Å². The smallest absolute Gasteiger partial charge is 0.263 e. The molecule has 0 bridgehead atoms. The van der Waals surface area contributed by atoms with E-state index in [-0.39, 0.29) is 5.91 Å². The van der Waals surface area contributed by atoms with Crippen LogP contribution in [0.25, 0.3) is 0 Å². The third kappa shape index (κ3) is 3.59. The van der Waals surface area contributed by atoms with E-state index >= 15 is 0 Å². The van der Waals surface area contributed by atoms with Crippen molar-refractivity contribution in [3.63, 3.8) is 0 Å². The van der Waals surface area contributed by atoms with Crippen LogP contribution in [-0.2, 0) is 0 Å². The lowest BCUT2D eigenvalue weighted by molar-refractivity contribution is 0.0791. The van der Waals surface area contributed by atoms with Gasteiger partial charge in [0.2, 0.25) is 0 Å². The fourth-order valence-electron chi connectivity index (χ4n) is 2.47. The van der Waals surface area contributed by atoms with Gasteiger partial charge in [-0.05, 0) is 30.9 Å². The first-order valence-corrected chi connectivity index (χ1v) is 7.64. The highest BCUT2D eigenvalue weighted by Crippen LogP contribution is 2.24. The van der Waals surface area contributed by atoms with Crippen molar-refractivity contribution in [2.24, 2.45) is 11.7 Å². The topological polar surface area (TPSA) is 46.3 Å². The Morgan fingerprint density at radius 1 is 1.58 bits per heavy atom. The van der Waals surface area contributed by atoms with Gasteiger partial charge in [0.15, 0.2) is 0 Å². The van der Waals surface area contributed by atoms with Crippen LogP contribution < -0.4 is 5.73 Å². The van der Waals surface area contributed by atoms with Crippen molar-refractivity contribution in [3.05, 3.63) is 21.9 Å². The maximum absolute atomic E-state index is 12.3. The predicted molar refractivity (Wildman–Crippen MR) is 79.2 cm³/mol. The van der Waals surface area contributed by atoms with Crippen LogP contribution in [0.5, 0.6) is 0 Å². The fraction of sp³-hybridized carbons (Fsp3) is 0.533. The minimum absolute atomic E-state index is 0.157. The first kappa shape index (κ1) is 14.1. The van der Waals surface area contributed by atoms with E-state index in [1.54, 1.807) is 0 Å². The number of hydrogen-bond acceptors (Lipinski definition) is 3. The summed E-state index contributed by atoms with van der Waals surface area (Å²) in [7, 11) is 0. The summed E-state index contributed by atoms with van der Waals surface area (Å²) in [6, 6.07) is 3.78. The molecule has 1 fully saturated rings. The van der Waals surface area contributed by atoms with Crippen LogP contribution in [0.1, 0.15) is 40.7 Å². The highest BCUT2D eigenvalue weighted by Gasteiger charge is 2.26. The predicted octanol–water partition coefficient (Wildman–Crippen LogP) is 2.32. The van der Waals surface area contributed by atoms with E-state index in [9.17, 15) is 4.79 Å². The van der Waals surface area contributed by atoms with Gasteiger partial charge >= 0.3 is 0 Å². The highest BCUT2D eigenvalue weighted by atomic mass is 32.1. The Hall–Kier alpha value is -1.31. The molecule has 1 aliphatic rings. The van der Waals surface area contributed by atoms with E-state index in [4.69, 9.17) is 5.73 Å². The van der Waals surface area contributed by atoms with Gasteiger partial charge in [0, 0.05) is 13.1 Å². The molecule has 1 aromatic heterocycles. The lowest BCUT2D eigenvalue weighted by atomic mass is 10.0. The average molecular weight is 276 g/mol. The molecule has 4 heteroatoms. The summed E-state index contributed by atoms with van der Waals surface area (Å²) in [5.74, 6) is 6.63. The summed E-state index contributed by atoms with van der Waals surface area (Å²) in [5, 5.41) is 0. The number of rotatable bonds is 3. The zero-order chi connectivity index (χ0) is 13.7. The molecular formula is C15H20N2OS.